The van der Waals surface area contributed by atoms with Gasteiger partial charge < -0.3 is 13.9 Å². The van der Waals surface area contributed by atoms with Crippen LogP contribution in [-0.4, -0.2) is 14.2 Å². The van der Waals surface area contributed by atoms with Gasteiger partial charge in [-0.15, -0.1) is 0 Å². The van der Waals surface area contributed by atoms with Gasteiger partial charge in [-0.05, 0) is 53.1 Å². The zero-order chi connectivity index (χ0) is 22.2. The van der Waals surface area contributed by atoms with Crippen LogP contribution in [0.1, 0.15) is 33.9 Å². The molecule has 0 bridgehead atoms. The van der Waals surface area contributed by atoms with Gasteiger partial charge >= 0.3 is 0 Å². The maximum absolute atomic E-state index is 13.6. The number of methoxy groups -OCH3 is 2. The summed E-state index contributed by atoms with van der Waals surface area (Å²) < 4.78 is 17.1. The van der Waals surface area contributed by atoms with Crippen molar-refractivity contribution >= 4 is 22.6 Å². The molecule has 0 saturated carbocycles. The van der Waals surface area contributed by atoms with Crippen molar-refractivity contribution in [1.29, 1.82) is 5.26 Å². The Morgan fingerprint density at radius 2 is 1.72 bits per heavy atom. The van der Waals surface area contributed by atoms with Gasteiger partial charge in [-0.3, -0.25) is 4.79 Å². The summed E-state index contributed by atoms with van der Waals surface area (Å²) in [5, 5.41) is 10.3. The quantitative estimate of drug-likeness (QED) is 0.445. The number of nitriles is 1. The molecule has 1 aliphatic rings. The molecule has 1 atom stereocenters. The molecule has 3 aromatic carbocycles. The van der Waals surface area contributed by atoms with Crippen LogP contribution in [-0.2, 0) is 0 Å². The van der Waals surface area contributed by atoms with Crippen LogP contribution in [0.3, 0.4) is 0 Å². The van der Waals surface area contributed by atoms with Gasteiger partial charge in [0.05, 0.1) is 42.7 Å². The number of rotatable bonds is 3. The lowest BCUT2D eigenvalue weighted by Gasteiger charge is -2.20. The summed E-state index contributed by atoms with van der Waals surface area (Å²) in [7, 11) is 3.17. The molecule has 1 heterocycles. The first kappa shape index (κ1) is 19.7. The Balaban J connectivity index is 1.91. The van der Waals surface area contributed by atoms with Crippen molar-refractivity contribution < 1.29 is 13.9 Å². The summed E-state index contributed by atoms with van der Waals surface area (Å²) in [6.45, 7) is 0. The van der Waals surface area contributed by atoms with Crippen molar-refractivity contribution in [3.8, 4) is 17.6 Å². The highest BCUT2D eigenvalue weighted by atomic mass is 16.5. The molecule has 0 radical (unpaired) electrons. The van der Waals surface area contributed by atoms with E-state index in [1.54, 1.807) is 38.5 Å². The summed E-state index contributed by atoms with van der Waals surface area (Å²) in [5.41, 5.74) is 3.62. The monoisotopic (exact) mass is 421 g/mol. The van der Waals surface area contributed by atoms with Crippen LogP contribution in [0.2, 0.25) is 0 Å². The van der Waals surface area contributed by atoms with Gasteiger partial charge in [-0.25, -0.2) is 0 Å². The highest BCUT2D eigenvalue weighted by Crippen LogP contribution is 2.42. The second kappa shape index (κ2) is 7.75. The highest BCUT2D eigenvalue weighted by molar-refractivity contribution is 5.94. The zero-order valence-electron chi connectivity index (χ0n) is 17.6. The summed E-state index contributed by atoms with van der Waals surface area (Å²) in [6.07, 6.45) is 1.64. The standard InChI is InChI=1S/C27H19NO4/c1-30-18-7-5-6-16(12-18)25-21-9-4-3-8-20(21)17(15-28)13-23-26(29)22-14-19(31-2)10-11-24(22)32-27(23)25/h3-14,25H,1-2H3. The Hall–Kier alpha value is -4.30. The molecule has 0 fully saturated rings. The molecule has 5 rings (SSSR count). The predicted octanol–water partition coefficient (Wildman–Crippen LogP) is 5.37. The molecule has 1 aromatic heterocycles. The third-order valence-corrected chi connectivity index (χ3v) is 5.82. The topological polar surface area (TPSA) is 72.5 Å². The average Bonchev–Trinajstić information content (AvgIpc) is 2.98. The lowest BCUT2D eigenvalue weighted by Crippen LogP contribution is -2.13. The molecule has 1 unspecified atom stereocenters. The average molecular weight is 421 g/mol. The normalized spacial score (nSPS) is 14.5. The fraction of sp³-hybridized carbons (Fsp3) is 0.111. The molecular formula is C27H19NO4. The Bertz CT molecular complexity index is 1490. The van der Waals surface area contributed by atoms with Crippen molar-refractivity contribution in [2.24, 2.45) is 0 Å². The van der Waals surface area contributed by atoms with Crippen molar-refractivity contribution in [2.75, 3.05) is 14.2 Å². The third kappa shape index (κ3) is 3.05. The minimum atomic E-state index is -0.391. The van der Waals surface area contributed by atoms with E-state index in [0.29, 0.717) is 39.4 Å². The second-order valence-corrected chi connectivity index (χ2v) is 7.54. The minimum absolute atomic E-state index is 0.200. The largest absolute Gasteiger partial charge is 0.497 e. The van der Waals surface area contributed by atoms with Crippen molar-refractivity contribution in [1.82, 2.24) is 0 Å². The van der Waals surface area contributed by atoms with E-state index in [0.717, 1.165) is 16.7 Å². The predicted molar refractivity (Wildman–Crippen MR) is 123 cm³/mol. The van der Waals surface area contributed by atoms with Crippen LogP contribution in [0.4, 0.5) is 0 Å². The fourth-order valence-electron chi connectivity index (χ4n) is 4.29. The molecule has 32 heavy (non-hydrogen) atoms. The molecule has 0 aliphatic heterocycles. The van der Waals surface area contributed by atoms with E-state index in [-0.39, 0.29) is 5.43 Å². The molecule has 4 aromatic rings. The smallest absolute Gasteiger partial charge is 0.200 e. The van der Waals surface area contributed by atoms with Crippen LogP contribution >= 0.6 is 0 Å². The highest BCUT2D eigenvalue weighted by Gasteiger charge is 2.30. The lowest BCUT2D eigenvalue weighted by atomic mass is 9.85. The number of allylic oxidation sites excluding steroid dienone is 1. The number of nitrogens with zero attached hydrogens (tertiary/aromatic N) is 1. The number of hydrogen-bond donors (Lipinski definition) is 0. The van der Waals surface area contributed by atoms with E-state index in [2.05, 4.69) is 6.07 Å². The van der Waals surface area contributed by atoms with Crippen molar-refractivity contribution in [3.63, 3.8) is 0 Å². The fourth-order valence-corrected chi connectivity index (χ4v) is 4.29. The molecule has 0 N–H and O–H groups in total. The molecule has 0 spiro atoms. The first-order chi connectivity index (χ1) is 15.6. The first-order valence-corrected chi connectivity index (χ1v) is 10.1. The summed E-state index contributed by atoms with van der Waals surface area (Å²) in [4.78, 5) is 13.6. The van der Waals surface area contributed by atoms with E-state index in [1.807, 2.05) is 48.5 Å². The molecule has 0 amide bonds. The van der Waals surface area contributed by atoms with Gasteiger partial charge in [-0.2, -0.15) is 5.26 Å². The van der Waals surface area contributed by atoms with Gasteiger partial charge in [0.15, 0.2) is 5.43 Å². The van der Waals surface area contributed by atoms with Crippen LogP contribution < -0.4 is 14.9 Å². The van der Waals surface area contributed by atoms with Gasteiger partial charge in [-0.1, -0.05) is 36.4 Å². The van der Waals surface area contributed by atoms with Crippen LogP contribution in [0.15, 0.2) is 75.9 Å². The molecular weight excluding hydrogens is 402 g/mol. The van der Waals surface area contributed by atoms with Gasteiger partial charge in [0.25, 0.3) is 0 Å². The maximum atomic E-state index is 13.6. The first-order valence-electron chi connectivity index (χ1n) is 10.1. The molecule has 0 saturated heterocycles. The number of benzene rings is 3. The maximum Gasteiger partial charge on any atom is 0.200 e. The Morgan fingerprint density at radius 1 is 0.938 bits per heavy atom. The summed E-state index contributed by atoms with van der Waals surface area (Å²) >= 11 is 0. The van der Waals surface area contributed by atoms with E-state index < -0.39 is 5.92 Å². The molecule has 156 valence electrons. The lowest BCUT2D eigenvalue weighted by molar-refractivity contribution is 0.413. The van der Waals surface area contributed by atoms with E-state index in [1.165, 1.54) is 0 Å². The van der Waals surface area contributed by atoms with Gasteiger partial charge in [0.1, 0.15) is 22.8 Å². The molecule has 1 aliphatic carbocycles. The van der Waals surface area contributed by atoms with Gasteiger partial charge in [0, 0.05) is 0 Å². The number of ether oxygens (including phenoxy) is 2. The van der Waals surface area contributed by atoms with Crippen LogP contribution in [0.5, 0.6) is 11.5 Å². The van der Waals surface area contributed by atoms with Gasteiger partial charge in [0.2, 0.25) is 0 Å². The van der Waals surface area contributed by atoms with Crippen LogP contribution in [0.25, 0.3) is 22.6 Å². The number of fused-ring (bicyclic) bond motifs is 3. The summed E-state index contributed by atoms with van der Waals surface area (Å²) in [6, 6.07) is 22.8. The van der Waals surface area contributed by atoms with E-state index >= 15 is 0 Å². The summed E-state index contributed by atoms with van der Waals surface area (Å²) in [5.74, 6) is 1.37. The third-order valence-electron chi connectivity index (χ3n) is 5.82. The zero-order valence-corrected chi connectivity index (χ0v) is 17.6. The molecule has 5 nitrogen and oxygen atoms in total. The van der Waals surface area contributed by atoms with Crippen molar-refractivity contribution in [3.05, 3.63) is 105 Å². The van der Waals surface area contributed by atoms with Crippen LogP contribution in [0, 0.1) is 11.3 Å². The van der Waals surface area contributed by atoms with Crippen molar-refractivity contribution in [2.45, 2.75) is 5.92 Å². The SMILES string of the molecule is COc1cccc(C2c3ccccc3C(C#N)=Cc3c2oc2ccc(OC)cc2c3=O)c1. The van der Waals surface area contributed by atoms with E-state index in [4.69, 9.17) is 13.9 Å². The van der Waals surface area contributed by atoms with E-state index in [9.17, 15) is 10.1 Å². The second-order valence-electron chi connectivity index (χ2n) is 7.54. The Labute approximate surface area is 184 Å². The number of hydrogen-bond acceptors (Lipinski definition) is 5. The Kier molecular flexibility index (Phi) is 4.76. The Morgan fingerprint density at radius 3 is 2.50 bits per heavy atom. The molecule has 5 heteroatoms. The minimum Gasteiger partial charge on any atom is -0.497 e.